The summed E-state index contributed by atoms with van der Waals surface area (Å²) in [6, 6.07) is 7.78. The molecule has 1 heterocycles. The lowest BCUT2D eigenvalue weighted by molar-refractivity contribution is -0.136. The molecule has 1 fully saturated rings. The van der Waals surface area contributed by atoms with Crippen molar-refractivity contribution < 1.29 is 9.53 Å². The van der Waals surface area contributed by atoms with Crippen LogP contribution in [0.2, 0.25) is 0 Å². The number of rotatable bonds is 3. The van der Waals surface area contributed by atoms with Gasteiger partial charge in [0.15, 0.2) is 0 Å². The fourth-order valence-corrected chi connectivity index (χ4v) is 2.58. The first-order chi connectivity index (χ1) is 9.55. The highest BCUT2D eigenvalue weighted by Gasteiger charge is 2.33. The van der Waals surface area contributed by atoms with Gasteiger partial charge in [-0.25, -0.2) is 0 Å². The maximum Gasteiger partial charge on any atom is 0.232 e. The van der Waals surface area contributed by atoms with Crippen LogP contribution < -0.4 is 10.1 Å². The number of carbonyl (C=O) groups is 1. The molecule has 0 aromatic heterocycles. The Kier molecular flexibility index (Phi) is 4.65. The van der Waals surface area contributed by atoms with Gasteiger partial charge in [0.1, 0.15) is 5.75 Å². The molecule has 0 aliphatic carbocycles. The van der Waals surface area contributed by atoms with E-state index in [9.17, 15) is 4.79 Å². The summed E-state index contributed by atoms with van der Waals surface area (Å²) in [7, 11) is 1.65. The Hall–Kier alpha value is -1.55. The number of benzene rings is 1. The van der Waals surface area contributed by atoms with Crippen LogP contribution in [-0.2, 0) is 10.2 Å². The first-order valence-corrected chi connectivity index (χ1v) is 7.20. The fraction of sp³-hybridized carbons (Fsp3) is 0.562. The predicted octanol–water partition coefficient (Wildman–Crippen LogP) is 1.79. The second kappa shape index (κ2) is 6.27. The second-order valence-corrected chi connectivity index (χ2v) is 5.75. The maximum absolute atomic E-state index is 12.8. The number of nitrogens with zero attached hydrogens (tertiary/aromatic N) is 1. The van der Waals surface area contributed by atoms with E-state index in [-0.39, 0.29) is 5.91 Å². The lowest BCUT2D eigenvalue weighted by Crippen LogP contribution is -2.44. The summed E-state index contributed by atoms with van der Waals surface area (Å²) in [4.78, 5) is 14.8. The van der Waals surface area contributed by atoms with Crippen LogP contribution in [0.1, 0.15) is 25.8 Å². The molecular weight excluding hydrogens is 252 g/mol. The van der Waals surface area contributed by atoms with Gasteiger partial charge in [0.05, 0.1) is 12.5 Å². The van der Waals surface area contributed by atoms with Crippen molar-refractivity contribution >= 4 is 5.91 Å². The van der Waals surface area contributed by atoms with E-state index >= 15 is 0 Å². The molecule has 0 atom stereocenters. The zero-order valence-corrected chi connectivity index (χ0v) is 12.6. The molecule has 1 aromatic carbocycles. The fourth-order valence-electron chi connectivity index (χ4n) is 2.58. The van der Waals surface area contributed by atoms with Crippen molar-refractivity contribution in [3.8, 4) is 5.75 Å². The van der Waals surface area contributed by atoms with Crippen molar-refractivity contribution in [3.63, 3.8) is 0 Å². The van der Waals surface area contributed by atoms with E-state index in [0.717, 1.165) is 43.9 Å². The molecule has 1 N–H and O–H groups in total. The first kappa shape index (κ1) is 14.9. The minimum atomic E-state index is -0.503. The molecule has 0 bridgehead atoms. The van der Waals surface area contributed by atoms with Gasteiger partial charge in [-0.15, -0.1) is 0 Å². The summed E-state index contributed by atoms with van der Waals surface area (Å²) >= 11 is 0. The van der Waals surface area contributed by atoms with Crippen LogP contribution in [0, 0.1) is 0 Å². The zero-order valence-electron chi connectivity index (χ0n) is 12.6. The molecule has 1 aromatic rings. The topological polar surface area (TPSA) is 41.6 Å². The van der Waals surface area contributed by atoms with Gasteiger partial charge in [-0.1, -0.05) is 12.1 Å². The molecule has 110 valence electrons. The highest BCUT2D eigenvalue weighted by Crippen LogP contribution is 2.27. The van der Waals surface area contributed by atoms with Gasteiger partial charge in [-0.3, -0.25) is 4.79 Å². The van der Waals surface area contributed by atoms with Crippen molar-refractivity contribution in [3.05, 3.63) is 29.8 Å². The summed E-state index contributed by atoms with van der Waals surface area (Å²) in [5, 5.41) is 3.33. The van der Waals surface area contributed by atoms with Gasteiger partial charge >= 0.3 is 0 Å². The monoisotopic (exact) mass is 276 g/mol. The Balaban J connectivity index is 2.16. The third-order valence-electron chi connectivity index (χ3n) is 3.97. The summed E-state index contributed by atoms with van der Waals surface area (Å²) in [5.74, 6) is 1.02. The molecule has 1 aliphatic rings. The second-order valence-electron chi connectivity index (χ2n) is 5.75. The van der Waals surface area contributed by atoms with Gasteiger partial charge in [-0.2, -0.15) is 0 Å². The minimum absolute atomic E-state index is 0.200. The number of nitrogens with one attached hydrogen (secondary N) is 1. The average molecular weight is 276 g/mol. The van der Waals surface area contributed by atoms with Crippen LogP contribution in [0.4, 0.5) is 0 Å². The first-order valence-electron chi connectivity index (χ1n) is 7.20. The summed E-state index contributed by atoms with van der Waals surface area (Å²) < 4.78 is 5.17. The van der Waals surface area contributed by atoms with Crippen molar-refractivity contribution in [2.75, 3.05) is 33.3 Å². The van der Waals surface area contributed by atoms with E-state index in [2.05, 4.69) is 5.32 Å². The molecular formula is C16H24N2O2. The van der Waals surface area contributed by atoms with E-state index < -0.39 is 5.41 Å². The molecule has 1 amide bonds. The molecule has 0 spiro atoms. The van der Waals surface area contributed by atoms with Crippen molar-refractivity contribution in [2.45, 2.75) is 25.7 Å². The van der Waals surface area contributed by atoms with Crippen LogP contribution in [0.3, 0.4) is 0 Å². The van der Waals surface area contributed by atoms with Gasteiger partial charge in [0.2, 0.25) is 5.91 Å². The summed E-state index contributed by atoms with van der Waals surface area (Å²) in [6.45, 7) is 7.49. The largest absolute Gasteiger partial charge is 0.497 e. The van der Waals surface area contributed by atoms with E-state index in [1.54, 1.807) is 7.11 Å². The number of hydrogen-bond donors (Lipinski definition) is 1. The minimum Gasteiger partial charge on any atom is -0.497 e. The maximum atomic E-state index is 12.8. The Labute approximate surface area is 121 Å². The molecule has 0 unspecified atom stereocenters. The molecule has 4 heteroatoms. The average Bonchev–Trinajstić information content (AvgIpc) is 2.75. The third kappa shape index (κ3) is 3.12. The lowest BCUT2D eigenvalue weighted by Gasteiger charge is -2.31. The van der Waals surface area contributed by atoms with E-state index in [1.807, 2.05) is 43.0 Å². The molecule has 0 radical (unpaired) electrons. The van der Waals surface area contributed by atoms with Gasteiger partial charge in [-0.05, 0) is 44.5 Å². The number of carbonyl (C=O) groups excluding carboxylic acids is 1. The van der Waals surface area contributed by atoms with Crippen LogP contribution >= 0.6 is 0 Å². The molecule has 1 aliphatic heterocycles. The van der Waals surface area contributed by atoms with E-state index in [0.29, 0.717) is 0 Å². The Morgan fingerprint density at radius 1 is 1.20 bits per heavy atom. The quantitative estimate of drug-likeness (QED) is 0.915. The standard InChI is InChI=1S/C16H24N2O2/c1-16(2,13-5-7-14(20-3)8-6-13)15(19)18-11-4-9-17-10-12-18/h5-8,17H,4,9-12H2,1-3H3. The third-order valence-corrected chi connectivity index (χ3v) is 3.97. The van der Waals surface area contributed by atoms with Gasteiger partial charge < -0.3 is 15.0 Å². The number of ether oxygens (including phenoxy) is 1. The predicted molar refractivity (Wildman–Crippen MR) is 80.1 cm³/mol. The molecule has 20 heavy (non-hydrogen) atoms. The van der Waals surface area contributed by atoms with Crippen molar-refractivity contribution in [1.82, 2.24) is 10.2 Å². The Morgan fingerprint density at radius 2 is 1.90 bits per heavy atom. The van der Waals surface area contributed by atoms with Crippen molar-refractivity contribution in [1.29, 1.82) is 0 Å². The Bertz CT molecular complexity index is 446. The number of hydrogen-bond acceptors (Lipinski definition) is 3. The van der Waals surface area contributed by atoms with Gasteiger partial charge in [0, 0.05) is 19.6 Å². The highest BCUT2D eigenvalue weighted by atomic mass is 16.5. The zero-order chi connectivity index (χ0) is 14.6. The highest BCUT2D eigenvalue weighted by molar-refractivity contribution is 5.87. The molecule has 2 rings (SSSR count). The smallest absolute Gasteiger partial charge is 0.232 e. The van der Waals surface area contributed by atoms with Crippen LogP contribution in [-0.4, -0.2) is 44.1 Å². The van der Waals surface area contributed by atoms with Crippen LogP contribution in [0.15, 0.2) is 24.3 Å². The SMILES string of the molecule is COc1ccc(C(C)(C)C(=O)N2CCCNCC2)cc1. The van der Waals surface area contributed by atoms with Gasteiger partial charge in [0.25, 0.3) is 0 Å². The van der Waals surface area contributed by atoms with E-state index in [1.165, 1.54) is 0 Å². The molecule has 1 saturated heterocycles. The lowest BCUT2D eigenvalue weighted by atomic mass is 9.83. The molecule has 4 nitrogen and oxygen atoms in total. The number of methoxy groups -OCH3 is 1. The van der Waals surface area contributed by atoms with E-state index in [4.69, 9.17) is 4.74 Å². The van der Waals surface area contributed by atoms with Crippen molar-refractivity contribution in [2.24, 2.45) is 0 Å². The van der Waals surface area contributed by atoms with Crippen LogP contribution in [0.5, 0.6) is 5.75 Å². The number of amides is 1. The normalized spacial score (nSPS) is 16.6. The molecule has 0 saturated carbocycles. The summed E-state index contributed by atoms with van der Waals surface area (Å²) in [6.07, 6.45) is 1.02. The Morgan fingerprint density at radius 3 is 2.55 bits per heavy atom. The van der Waals surface area contributed by atoms with Crippen LogP contribution in [0.25, 0.3) is 0 Å². The summed E-state index contributed by atoms with van der Waals surface area (Å²) in [5.41, 5.74) is 0.525.